The Kier molecular flexibility index (Phi) is 4.27. The first-order valence-electron chi connectivity index (χ1n) is 7.53. The lowest BCUT2D eigenvalue weighted by Crippen LogP contribution is -2.33. The number of amides is 1. The smallest absolute Gasteiger partial charge is 0.224 e. The quantitative estimate of drug-likeness (QED) is 0.904. The number of hydrogen-bond acceptors (Lipinski definition) is 2. The Morgan fingerprint density at radius 1 is 1.30 bits per heavy atom. The molecule has 1 N–H and O–H groups in total. The van der Waals surface area contributed by atoms with Crippen molar-refractivity contribution in [3.05, 3.63) is 34.9 Å². The molecule has 0 aromatic heterocycles. The van der Waals surface area contributed by atoms with Gasteiger partial charge in [0.25, 0.3) is 0 Å². The average Bonchev–Trinajstić information content (AvgIpc) is 3.14. The van der Waals surface area contributed by atoms with Crippen LogP contribution >= 0.6 is 11.6 Å². The van der Waals surface area contributed by atoms with Crippen LogP contribution in [0.4, 0.5) is 0 Å². The predicted octanol–water partition coefficient (Wildman–Crippen LogP) is 3.15. The zero-order valence-corrected chi connectivity index (χ0v) is 12.4. The Balaban J connectivity index is 1.62. The summed E-state index contributed by atoms with van der Waals surface area (Å²) < 4.78 is 0. The third kappa shape index (κ3) is 3.15. The molecule has 4 heteroatoms. The van der Waals surface area contributed by atoms with Crippen LogP contribution in [0.15, 0.2) is 24.3 Å². The van der Waals surface area contributed by atoms with Gasteiger partial charge in [-0.05, 0) is 37.3 Å². The summed E-state index contributed by atoms with van der Waals surface area (Å²) >= 11 is 6.28. The van der Waals surface area contributed by atoms with E-state index in [0.717, 1.165) is 36.5 Å². The first-order valence-corrected chi connectivity index (χ1v) is 7.91. The number of carbonyl (C=O) groups excluding carboxylic acids is 1. The van der Waals surface area contributed by atoms with Crippen molar-refractivity contribution >= 4 is 17.5 Å². The number of hydrogen-bond donors (Lipinski definition) is 1. The highest BCUT2D eigenvalue weighted by Crippen LogP contribution is 2.35. The van der Waals surface area contributed by atoms with E-state index >= 15 is 0 Å². The van der Waals surface area contributed by atoms with Gasteiger partial charge in [0, 0.05) is 30.6 Å². The summed E-state index contributed by atoms with van der Waals surface area (Å²) in [6.45, 7) is 1.66. The molecule has 1 saturated carbocycles. The minimum Gasteiger partial charge on any atom is -0.336 e. The van der Waals surface area contributed by atoms with Gasteiger partial charge in [0.05, 0.1) is 6.04 Å². The third-order valence-corrected chi connectivity index (χ3v) is 4.53. The molecule has 0 bridgehead atoms. The Hall–Kier alpha value is -1.06. The summed E-state index contributed by atoms with van der Waals surface area (Å²) in [7, 11) is 0. The van der Waals surface area contributed by atoms with Crippen molar-refractivity contribution in [3.8, 4) is 0 Å². The van der Waals surface area contributed by atoms with Gasteiger partial charge in [0.1, 0.15) is 0 Å². The van der Waals surface area contributed by atoms with Gasteiger partial charge in [-0.3, -0.25) is 4.79 Å². The van der Waals surface area contributed by atoms with Gasteiger partial charge in [-0.2, -0.15) is 0 Å². The van der Waals surface area contributed by atoms with Gasteiger partial charge < -0.3 is 10.2 Å². The standard InChI is InChI=1S/C16H21ClN2O/c17-14-5-2-1-4-13(14)15-6-3-11-19(15)16(20)9-10-18-12-7-8-12/h1-2,4-5,12,15,18H,3,6-11H2. The summed E-state index contributed by atoms with van der Waals surface area (Å²) in [6.07, 6.45) is 5.21. The van der Waals surface area contributed by atoms with Crippen molar-refractivity contribution in [2.24, 2.45) is 0 Å². The molecule has 1 atom stereocenters. The Labute approximate surface area is 125 Å². The van der Waals surface area contributed by atoms with Gasteiger partial charge in [0.15, 0.2) is 0 Å². The number of benzene rings is 1. The van der Waals surface area contributed by atoms with E-state index in [4.69, 9.17) is 11.6 Å². The summed E-state index contributed by atoms with van der Waals surface area (Å²) in [6, 6.07) is 8.72. The first-order chi connectivity index (χ1) is 9.75. The van der Waals surface area contributed by atoms with E-state index in [0.29, 0.717) is 12.5 Å². The highest BCUT2D eigenvalue weighted by Gasteiger charge is 2.31. The number of likely N-dealkylation sites (tertiary alicyclic amines) is 1. The van der Waals surface area contributed by atoms with Gasteiger partial charge in [0.2, 0.25) is 5.91 Å². The zero-order chi connectivity index (χ0) is 13.9. The van der Waals surface area contributed by atoms with Crippen LogP contribution in [0.3, 0.4) is 0 Å². The predicted molar refractivity (Wildman–Crippen MR) is 80.8 cm³/mol. The fourth-order valence-corrected chi connectivity index (χ4v) is 3.21. The second-order valence-electron chi connectivity index (χ2n) is 5.75. The molecule has 0 radical (unpaired) electrons. The van der Waals surface area contributed by atoms with E-state index in [2.05, 4.69) is 5.32 Å². The summed E-state index contributed by atoms with van der Waals surface area (Å²) in [5, 5.41) is 4.17. The third-order valence-electron chi connectivity index (χ3n) is 4.19. The molecule has 1 aromatic rings. The number of rotatable bonds is 5. The molecule has 108 valence electrons. The molecule has 1 aliphatic heterocycles. The lowest BCUT2D eigenvalue weighted by Gasteiger charge is -2.26. The average molecular weight is 293 g/mol. The van der Waals surface area contributed by atoms with Crippen LogP contribution in [0.25, 0.3) is 0 Å². The van der Waals surface area contributed by atoms with Crippen LogP contribution in [0.1, 0.15) is 43.7 Å². The Morgan fingerprint density at radius 2 is 2.10 bits per heavy atom. The molecule has 1 amide bonds. The summed E-state index contributed by atoms with van der Waals surface area (Å²) in [5.74, 6) is 0.251. The van der Waals surface area contributed by atoms with E-state index in [-0.39, 0.29) is 11.9 Å². The lowest BCUT2D eigenvalue weighted by atomic mass is 10.0. The number of halogens is 1. The van der Waals surface area contributed by atoms with Crippen molar-refractivity contribution in [1.29, 1.82) is 0 Å². The van der Waals surface area contributed by atoms with E-state index in [1.54, 1.807) is 0 Å². The van der Waals surface area contributed by atoms with Gasteiger partial charge >= 0.3 is 0 Å². The van der Waals surface area contributed by atoms with Gasteiger partial charge in [-0.25, -0.2) is 0 Å². The molecule has 2 aliphatic rings. The van der Waals surface area contributed by atoms with E-state index in [1.807, 2.05) is 29.2 Å². The van der Waals surface area contributed by atoms with Crippen LogP contribution < -0.4 is 5.32 Å². The van der Waals surface area contributed by atoms with Crippen LogP contribution in [0.5, 0.6) is 0 Å². The molecule has 2 fully saturated rings. The van der Waals surface area contributed by atoms with E-state index in [9.17, 15) is 4.79 Å². The van der Waals surface area contributed by atoms with Crippen molar-refractivity contribution < 1.29 is 4.79 Å². The molecule has 1 heterocycles. The minimum absolute atomic E-state index is 0.164. The molecule has 0 spiro atoms. The molecule has 20 heavy (non-hydrogen) atoms. The highest BCUT2D eigenvalue weighted by atomic mass is 35.5. The number of carbonyl (C=O) groups is 1. The highest BCUT2D eigenvalue weighted by molar-refractivity contribution is 6.31. The molecular weight excluding hydrogens is 272 g/mol. The summed E-state index contributed by atoms with van der Waals surface area (Å²) in [5.41, 5.74) is 1.09. The van der Waals surface area contributed by atoms with Gasteiger partial charge in [-0.1, -0.05) is 29.8 Å². The van der Waals surface area contributed by atoms with Crippen molar-refractivity contribution in [2.45, 2.75) is 44.2 Å². The minimum atomic E-state index is 0.164. The van der Waals surface area contributed by atoms with E-state index < -0.39 is 0 Å². The molecule has 3 nitrogen and oxygen atoms in total. The molecule has 1 unspecified atom stereocenters. The maximum atomic E-state index is 12.4. The molecular formula is C16H21ClN2O. The number of nitrogens with zero attached hydrogens (tertiary/aromatic N) is 1. The SMILES string of the molecule is O=C(CCNC1CC1)N1CCCC1c1ccccc1Cl. The van der Waals surface area contributed by atoms with Crippen LogP contribution in [-0.4, -0.2) is 29.9 Å². The molecule has 1 aromatic carbocycles. The van der Waals surface area contributed by atoms with Gasteiger partial charge in [-0.15, -0.1) is 0 Å². The molecule has 3 rings (SSSR count). The Bertz CT molecular complexity index is 487. The second-order valence-corrected chi connectivity index (χ2v) is 6.15. The van der Waals surface area contributed by atoms with Crippen molar-refractivity contribution in [3.63, 3.8) is 0 Å². The fourth-order valence-electron chi connectivity index (χ4n) is 2.95. The number of nitrogens with one attached hydrogen (secondary N) is 1. The molecule has 1 aliphatic carbocycles. The van der Waals surface area contributed by atoms with Crippen LogP contribution in [0.2, 0.25) is 5.02 Å². The van der Waals surface area contributed by atoms with Crippen molar-refractivity contribution in [2.75, 3.05) is 13.1 Å². The fraction of sp³-hybridized carbons (Fsp3) is 0.562. The normalized spacial score (nSPS) is 22.2. The van der Waals surface area contributed by atoms with Crippen LogP contribution in [-0.2, 0) is 4.79 Å². The largest absolute Gasteiger partial charge is 0.336 e. The van der Waals surface area contributed by atoms with Crippen LogP contribution in [0, 0.1) is 0 Å². The first kappa shape index (κ1) is 13.9. The maximum Gasteiger partial charge on any atom is 0.224 e. The summed E-state index contributed by atoms with van der Waals surface area (Å²) in [4.78, 5) is 14.4. The monoisotopic (exact) mass is 292 g/mol. The second kappa shape index (κ2) is 6.15. The Morgan fingerprint density at radius 3 is 2.85 bits per heavy atom. The zero-order valence-electron chi connectivity index (χ0n) is 11.6. The topological polar surface area (TPSA) is 32.3 Å². The maximum absolute atomic E-state index is 12.4. The van der Waals surface area contributed by atoms with Crippen molar-refractivity contribution in [1.82, 2.24) is 10.2 Å². The molecule has 1 saturated heterocycles. The van der Waals surface area contributed by atoms with E-state index in [1.165, 1.54) is 12.8 Å². The lowest BCUT2D eigenvalue weighted by molar-refractivity contribution is -0.132.